The summed E-state index contributed by atoms with van der Waals surface area (Å²) in [6, 6.07) is 24.3. The summed E-state index contributed by atoms with van der Waals surface area (Å²) in [4.78, 5) is 15.7. The second kappa shape index (κ2) is 11.3. The highest BCUT2D eigenvalue weighted by atomic mass is 35.5. The predicted octanol–water partition coefficient (Wildman–Crippen LogP) is 5.40. The van der Waals surface area contributed by atoms with E-state index in [9.17, 15) is 8.42 Å². The van der Waals surface area contributed by atoms with Crippen LogP contribution < -0.4 is 19.8 Å². The number of imidazole rings is 1. The lowest BCUT2D eigenvalue weighted by molar-refractivity contribution is 0.594. The molecule has 39 heavy (non-hydrogen) atoms. The van der Waals surface area contributed by atoms with Crippen LogP contribution in [0.15, 0.2) is 90.0 Å². The molecule has 10 nitrogen and oxygen atoms in total. The lowest BCUT2D eigenvalue weighted by atomic mass is 10.2. The number of sulfonamides is 1. The van der Waals surface area contributed by atoms with Gasteiger partial charge < -0.3 is 20.1 Å². The first kappa shape index (κ1) is 26.4. The monoisotopic (exact) mass is 562 g/mol. The molecule has 0 radical (unpaired) electrons. The van der Waals surface area contributed by atoms with E-state index in [0.29, 0.717) is 24.0 Å². The van der Waals surface area contributed by atoms with Gasteiger partial charge in [0.05, 0.1) is 15.9 Å². The molecule has 0 saturated carbocycles. The number of nitrogens with one attached hydrogen (secondary N) is 3. The Balaban J connectivity index is 1.37. The summed E-state index contributed by atoms with van der Waals surface area (Å²) >= 11 is 5.35. The Morgan fingerprint density at radius 3 is 2.56 bits per heavy atom. The first-order chi connectivity index (χ1) is 18.9. The highest BCUT2D eigenvalue weighted by molar-refractivity contribution is 7.90. The third kappa shape index (κ3) is 5.80. The van der Waals surface area contributed by atoms with Crippen LogP contribution in [-0.2, 0) is 23.1 Å². The maximum atomic E-state index is 12.0. The fourth-order valence-corrected chi connectivity index (χ4v) is 5.10. The highest BCUT2D eigenvalue weighted by Crippen LogP contribution is 2.29. The van der Waals surface area contributed by atoms with Crippen molar-refractivity contribution in [1.29, 1.82) is 0 Å². The SMILES string of the molecule is CCn1c(NCc2ccccc2)nc2cc(N(C)c3ccnc(Nc4cccc(S(=O)(=O)NCl)c4)n3)ccc21. The summed E-state index contributed by atoms with van der Waals surface area (Å²) in [6.07, 6.45) is 1.64. The van der Waals surface area contributed by atoms with E-state index >= 15 is 0 Å². The molecule has 0 aliphatic carbocycles. The Morgan fingerprint density at radius 1 is 0.974 bits per heavy atom. The van der Waals surface area contributed by atoms with Crippen molar-refractivity contribution in [3.8, 4) is 0 Å². The molecule has 2 aromatic heterocycles. The van der Waals surface area contributed by atoms with Gasteiger partial charge in [0.25, 0.3) is 10.0 Å². The van der Waals surface area contributed by atoms with Crippen molar-refractivity contribution in [2.24, 2.45) is 0 Å². The summed E-state index contributed by atoms with van der Waals surface area (Å²) in [7, 11) is -1.88. The largest absolute Gasteiger partial charge is 0.352 e. The van der Waals surface area contributed by atoms with Crippen molar-refractivity contribution in [2.75, 3.05) is 22.6 Å². The lowest BCUT2D eigenvalue weighted by Gasteiger charge is -2.19. The molecule has 0 amide bonds. The van der Waals surface area contributed by atoms with Crippen molar-refractivity contribution in [3.05, 3.63) is 90.6 Å². The number of halogens is 1. The normalized spacial score (nSPS) is 11.5. The number of hydrogen-bond donors (Lipinski definition) is 3. The van der Waals surface area contributed by atoms with E-state index < -0.39 is 10.0 Å². The van der Waals surface area contributed by atoms with E-state index in [2.05, 4.69) is 50.3 Å². The van der Waals surface area contributed by atoms with E-state index in [-0.39, 0.29) is 4.90 Å². The fraction of sp³-hybridized carbons (Fsp3) is 0.148. The van der Waals surface area contributed by atoms with Crippen molar-refractivity contribution < 1.29 is 8.42 Å². The smallest absolute Gasteiger partial charge is 0.253 e. The summed E-state index contributed by atoms with van der Waals surface area (Å²) in [6.45, 7) is 3.57. The van der Waals surface area contributed by atoms with Crippen LogP contribution in [0.2, 0.25) is 0 Å². The quantitative estimate of drug-likeness (QED) is 0.194. The van der Waals surface area contributed by atoms with Gasteiger partial charge in [-0.3, -0.25) is 0 Å². The molecule has 0 fully saturated rings. The van der Waals surface area contributed by atoms with Crippen LogP contribution in [0.3, 0.4) is 0 Å². The average Bonchev–Trinajstić information content (AvgIpc) is 3.33. The zero-order valence-electron chi connectivity index (χ0n) is 21.3. The zero-order chi connectivity index (χ0) is 27.4. The molecule has 0 aliphatic rings. The standard InChI is InChI=1S/C27H27ClN8O2S/c1-3-36-24-13-12-21(17-23(24)32-27(36)30-18-19-8-5-4-6-9-19)35(2)25-14-15-29-26(33-25)31-20-10-7-11-22(16-20)39(37,38)34-28/h4-17,34H,3,18H2,1-2H3,(H,30,32)(H,29,31,33). The van der Waals surface area contributed by atoms with Crippen LogP contribution in [0.25, 0.3) is 11.0 Å². The fourth-order valence-electron chi connectivity index (χ4n) is 4.20. The van der Waals surface area contributed by atoms with Crippen LogP contribution in [0.4, 0.5) is 29.1 Å². The Morgan fingerprint density at radius 2 is 1.79 bits per heavy atom. The number of hydrogen-bond acceptors (Lipinski definition) is 8. The van der Waals surface area contributed by atoms with Crippen molar-refractivity contribution >= 4 is 61.9 Å². The molecule has 0 spiro atoms. The zero-order valence-corrected chi connectivity index (χ0v) is 22.9. The average molecular weight is 563 g/mol. The van der Waals surface area contributed by atoms with Gasteiger partial charge in [-0.25, -0.2) is 18.4 Å². The van der Waals surface area contributed by atoms with Crippen molar-refractivity contribution in [2.45, 2.75) is 24.9 Å². The molecule has 12 heteroatoms. The number of fused-ring (bicyclic) bond motifs is 1. The lowest BCUT2D eigenvalue weighted by Crippen LogP contribution is -2.14. The van der Waals surface area contributed by atoms with Gasteiger partial charge >= 0.3 is 0 Å². The number of aromatic nitrogens is 4. The van der Waals surface area contributed by atoms with Gasteiger partial charge in [0.15, 0.2) is 0 Å². The van der Waals surface area contributed by atoms with Gasteiger partial charge in [-0.2, -0.15) is 4.98 Å². The first-order valence-corrected chi connectivity index (χ1v) is 14.1. The summed E-state index contributed by atoms with van der Waals surface area (Å²) in [5.74, 6) is 1.78. The molecule has 200 valence electrons. The number of nitrogens with zero attached hydrogens (tertiary/aromatic N) is 5. The molecular formula is C27H27ClN8O2S. The van der Waals surface area contributed by atoms with Crippen LogP contribution in [0.1, 0.15) is 12.5 Å². The molecule has 3 aromatic carbocycles. The van der Waals surface area contributed by atoms with Gasteiger partial charge in [0, 0.05) is 37.7 Å². The second-order valence-corrected chi connectivity index (χ2v) is 10.8. The van der Waals surface area contributed by atoms with Gasteiger partial charge in [0.2, 0.25) is 11.9 Å². The maximum Gasteiger partial charge on any atom is 0.253 e. The second-order valence-electron chi connectivity index (χ2n) is 8.72. The first-order valence-electron chi connectivity index (χ1n) is 12.2. The van der Waals surface area contributed by atoms with Crippen molar-refractivity contribution in [3.63, 3.8) is 0 Å². The third-order valence-corrected chi connectivity index (χ3v) is 7.90. The molecular weight excluding hydrogens is 536 g/mol. The topological polar surface area (TPSA) is 117 Å². The Bertz CT molecular complexity index is 1710. The van der Waals surface area contributed by atoms with Crippen LogP contribution in [-0.4, -0.2) is 35.0 Å². The third-order valence-electron chi connectivity index (χ3n) is 6.22. The van der Waals surface area contributed by atoms with Gasteiger partial charge in [-0.1, -0.05) is 36.4 Å². The van der Waals surface area contributed by atoms with Gasteiger partial charge in [0.1, 0.15) is 5.82 Å². The molecule has 0 atom stereocenters. The molecule has 0 aliphatic heterocycles. The van der Waals surface area contributed by atoms with E-state index in [1.807, 2.05) is 42.3 Å². The van der Waals surface area contributed by atoms with Crippen LogP contribution >= 0.6 is 11.8 Å². The minimum absolute atomic E-state index is 0.0215. The summed E-state index contributed by atoms with van der Waals surface area (Å²) in [5.41, 5.74) is 4.50. The van der Waals surface area contributed by atoms with E-state index in [4.69, 9.17) is 16.8 Å². The van der Waals surface area contributed by atoms with E-state index in [1.165, 1.54) is 17.7 Å². The summed E-state index contributed by atoms with van der Waals surface area (Å²) in [5, 5.41) is 6.51. The number of anilines is 5. The van der Waals surface area contributed by atoms with Gasteiger partial charge in [-0.15, -0.1) is 4.24 Å². The van der Waals surface area contributed by atoms with E-state index in [1.54, 1.807) is 28.6 Å². The van der Waals surface area contributed by atoms with Crippen molar-refractivity contribution in [1.82, 2.24) is 23.8 Å². The Hall–Kier alpha value is -4.19. The van der Waals surface area contributed by atoms with E-state index in [0.717, 1.165) is 29.2 Å². The minimum atomic E-state index is -3.80. The predicted molar refractivity (Wildman–Crippen MR) is 155 cm³/mol. The van der Waals surface area contributed by atoms with Crippen LogP contribution in [0, 0.1) is 0 Å². The number of rotatable bonds is 10. The van der Waals surface area contributed by atoms with Gasteiger partial charge in [-0.05, 0) is 66.7 Å². The molecule has 5 aromatic rings. The Labute approximate surface area is 231 Å². The maximum absolute atomic E-state index is 12.0. The molecule has 0 unspecified atom stereocenters. The molecule has 2 heterocycles. The molecule has 3 N–H and O–H groups in total. The number of benzene rings is 3. The summed E-state index contributed by atoms with van der Waals surface area (Å²) < 4.78 is 28.0. The highest BCUT2D eigenvalue weighted by Gasteiger charge is 2.15. The molecule has 0 saturated heterocycles. The Kier molecular flexibility index (Phi) is 7.64. The van der Waals surface area contributed by atoms with Crippen LogP contribution in [0.5, 0.6) is 0 Å². The molecule has 5 rings (SSSR count). The molecule has 0 bridgehead atoms. The number of aryl methyl sites for hydroxylation is 1. The minimum Gasteiger partial charge on any atom is -0.352 e.